The Morgan fingerprint density at radius 1 is 1.14 bits per heavy atom. The third-order valence-corrected chi connectivity index (χ3v) is 5.34. The minimum Gasteiger partial charge on any atom is -0.298 e. The number of aromatic nitrogens is 3. The first kappa shape index (κ1) is 19.6. The van der Waals surface area contributed by atoms with Crippen molar-refractivity contribution < 1.29 is 13.2 Å². The largest absolute Gasteiger partial charge is 0.416 e. The van der Waals surface area contributed by atoms with E-state index < -0.39 is 11.7 Å². The number of halogens is 3. The summed E-state index contributed by atoms with van der Waals surface area (Å²) in [5.74, 6) is 0.270. The van der Waals surface area contributed by atoms with Gasteiger partial charge in [0, 0.05) is 49.1 Å². The molecule has 152 valence electrons. The van der Waals surface area contributed by atoms with E-state index >= 15 is 0 Å². The fourth-order valence-electron chi connectivity index (χ4n) is 3.95. The Kier molecular flexibility index (Phi) is 5.41. The van der Waals surface area contributed by atoms with Crippen molar-refractivity contribution in [1.29, 1.82) is 0 Å². The van der Waals surface area contributed by atoms with Gasteiger partial charge in [-0.25, -0.2) is 0 Å². The zero-order valence-corrected chi connectivity index (χ0v) is 16.2. The van der Waals surface area contributed by atoms with Crippen LogP contribution in [0.1, 0.15) is 35.6 Å². The molecule has 1 saturated heterocycles. The van der Waals surface area contributed by atoms with Crippen molar-refractivity contribution in [2.45, 2.75) is 31.5 Å². The maximum Gasteiger partial charge on any atom is 0.416 e. The van der Waals surface area contributed by atoms with Gasteiger partial charge in [-0.15, -0.1) is 0 Å². The van der Waals surface area contributed by atoms with Crippen LogP contribution in [0, 0.1) is 0 Å². The minimum atomic E-state index is -4.36. The smallest absolute Gasteiger partial charge is 0.298 e. The normalized spacial score (nSPS) is 18.1. The lowest BCUT2D eigenvalue weighted by Gasteiger charge is -2.32. The number of piperidine rings is 1. The molecule has 1 fully saturated rings. The van der Waals surface area contributed by atoms with Crippen LogP contribution in [0.5, 0.6) is 0 Å². The molecule has 0 saturated carbocycles. The minimum absolute atomic E-state index is 0.270. The van der Waals surface area contributed by atoms with Crippen LogP contribution in [0.25, 0.3) is 11.3 Å². The zero-order valence-electron chi connectivity index (χ0n) is 16.2. The van der Waals surface area contributed by atoms with Gasteiger partial charge in [-0.2, -0.15) is 18.3 Å². The van der Waals surface area contributed by atoms with E-state index in [1.54, 1.807) is 16.8 Å². The van der Waals surface area contributed by atoms with E-state index in [1.807, 2.05) is 31.6 Å². The van der Waals surface area contributed by atoms with E-state index in [1.165, 1.54) is 17.7 Å². The lowest BCUT2D eigenvalue weighted by atomic mass is 9.93. The summed E-state index contributed by atoms with van der Waals surface area (Å²) in [6.45, 7) is 2.75. The van der Waals surface area contributed by atoms with E-state index in [4.69, 9.17) is 4.98 Å². The average Bonchev–Trinajstić information content (AvgIpc) is 3.12. The third kappa shape index (κ3) is 4.67. The predicted molar refractivity (Wildman–Crippen MR) is 105 cm³/mol. The molecule has 1 aliphatic heterocycles. The van der Waals surface area contributed by atoms with Crippen LogP contribution in [0.2, 0.25) is 0 Å². The van der Waals surface area contributed by atoms with Gasteiger partial charge in [-0.05, 0) is 43.7 Å². The Labute approximate surface area is 168 Å². The van der Waals surface area contributed by atoms with Crippen LogP contribution in [0.3, 0.4) is 0 Å². The fraction of sp³-hybridized carbons (Fsp3) is 0.364. The molecule has 0 N–H and O–H groups in total. The Morgan fingerprint density at radius 2 is 1.97 bits per heavy atom. The van der Waals surface area contributed by atoms with Crippen molar-refractivity contribution in [3.63, 3.8) is 0 Å². The maximum atomic E-state index is 13.0. The standard InChI is InChI=1S/C22H23F3N4/c1-28-13-16(12-26-28)14-29-10-4-6-18(15-29)21-9-3-8-20(27-21)17-5-2-7-19(11-17)22(23,24)25/h2-3,5,7-9,11-13,18H,4,6,10,14-15H2,1H3/t18-/m0/s1. The Bertz CT molecular complexity index is 980. The van der Waals surface area contributed by atoms with Gasteiger partial charge in [0.2, 0.25) is 0 Å². The van der Waals surface area contributed by atoms with E-state index in [-0.39, 0.29) is 5.92 Å². The summed E-state index contributed by atoms with van der Waals surface area (Å²) in [5.41, 5.74) is 2.54. The molecule has 7 heteroatoms. The number of hydrogen-bond acceptors (Lipinski definition) is 3. The highest BCUT2D eigenvalue weighted by Crippen LogP contribution is 2.33. The molecule has 1 atom stereocenters. The molecule has 0 radical (unpaired) electrons. The van der Waals surface area contributed by atoms with Crippen molar-refractivity contribution in [2.75, 3.05) is 13.1 Å². The van der Waals surface area contributed by atoms with Crippen LogP contribution in [-0.2, 0) is 19.8 Å². The second-order valence-corrected chi connectivity index (χ2v) is 7.62. The lowest BCUT2D eigenvalue weighted by molar-refractivity contribution is -0.137. The highest BCUT2D eigenvalue weighted by atomic mass is 19.4. The summed E-state index contributed by atoms with van der Waals surface area (Å²) in [5, 5.41) is 4.23. The number of nitrogens with zero attached hydrogens (tertiary/aromatic N) is 4. The van der Waals surface area contributed by atoms with Gasteiger partial charge >= 0.3 is 6.18 Å². The van der Waals surface area contributed by atoms with E-state index in [9.17, 15) is 13.2 Å². The summed E-state index contributed by atoms with van der Waals surface area (Å²) in [6.07, 6.45) is 1.65. The van der Waals surface area contributed by atoms with Gasteiger partial charge < -0.3 is 0 Å². The van der Waals surface area contributed by atoms with Crippen molar-refractivity contribution >= 4 is 0 Å². The zero-order chi connectivity index (χ0) is 20.4. The van der Waals surface area contributed by atoms with Crippen molar-refractivity contribution in [3.8, 4) is 11.3 Å². The number of likely N-dealkylation sites (tertiary alicyclic amines) is 1. The topological polar surface area (TPSA) is 34.0 Å². The molecule has 3 heterocycles. The summed E-state index contributed by atoms with van der Waals surface area (Å²) in [4.78, 5) is 7.12. The second-order valence-electron chi connectivity index (χ2n) is 7.62. The lowest BCUT2D eigenvalue weighted by Crippen LogP contribution is -2.34. The first-order valence-electron chi connectivity index (χ1n) is 9.73. The molecule has 0 bridgehead atoms. The van der Waals surface area contributed by atoms with Gasteiger partial charge in [-0.1, -0.05) is 18.2 Å². The van der Waals surface area contributed by atoms with Crippen LogP contribution in [0.15, 0.2) is 54.9 Å². The molecule has 4 nitrogen and oxygen atoms in total. The van der Waals surface area contributed by atoms with Gasteiger partial charge in [0.05, 0.1) is 17.5 Å². The molecule has 29 heavy (non-hydrogen) atoms. The highest BCUT2D eigenvalue weighted by Gasteiger charge is 2.30. The SMILES string of the molecule is Cn1cc(CN2CCC[C@H](c3cccc(-c4cccc(C(F)(F)F)c4)n3)C2)cn1. The maximum absolute atomic E-state index is 13.0. The average molecular weight is 400 g/mol. The number of pyridine rings is 1. The summed E-state index contributed by atoms with van der Waals surface area (Å²) in [6, 6.07) is 11.0. The van der Waals surface area contributed by atoms with Crippen LogP contribution in [-0.4, -0.2) is 32.8 Å². The van der Waals surface area contributed by atoms with Crippen molar-refractivity contribution in [1.82, 2.24) is 19.7 Å². The Hall–Kier alpha value is -2.67. The van der Waals surface area contributed by atoms with Gasteiger partial charge in [0.1, 0.15) is 0 Å². The van der Waals surface area contributed by atoms with E-state index in [0.717, 1.165) is 44.2 Å². The second kappa shape index (κ2) is 7.99. The third-order valence-electron chi connectivity index (χ3n) is 5.34. The number of rotatable bonds is 4. The number of hydrogen-bond donors (Lipinski definition) is 0. The van der Waals surface area contributed by atoms with E-state index in [0.29, 0.717) is 11.3 Å². The molecule has 0 aliphatic carbocycles. The number of alkyl halides is 3. The Balaban J connectivity index is 1.52. The van der Waals surface area contributed by atoms with Crippen LogP contribution in [0.4, 0.5) is 13.2 Å². The number of aryl methyl sites for hydroxylation is 1. The van der Waals surface area contributed by atoms with Crippen LogP contribution >= 0.6 is 0 Å². The summed E-state index contributed by atoms with van der Waals surface area (Å²) in [7, 11) is 1.91. The molecular formula is C22H23F3N4. The first-order chi connectivity index (χ1) is 13.9. The molecule has 2 aromatic heterocycles. The summed E-state index contributed by atoms with van der Waals surface area (Å²) >= 11 is 0. The van der Waals surface area contributed by atoms with Crippen molar-refractivity contribution in [2.24, 2.45) is 7.05 Å². The molecule has 0 unspecified atom stereocenters. The molecule has 4 rings (SSSR count). The monoisotopic (exact) mass is 400 g/mol. The quantitative estimate of drug-likeness (QED) is 0.626. The van der Waals surface area contributed by atoms with Gasteiger partial charge in [-0.3, -0.25) is 14.6 Å². The highest BCUT2D eigenvalue weighted by molar-refractivity contribution is 5.60. The Morgan fingerprint density at radius 3 is 2.72 bits per heavy atom. The fourth-order valence-corrected chi connectivity index (χ4v) is 3.95. The predicted octanol–water partition coefficient (Wildman–Crippen LogP) is 4.88. The van der Waals surface area contributed by atoms with Gasteiger partial charge in [0.25, 0.3) is 0 Å². The number of benzene rings is 1. The van der Waals surface area contributed by atoms with Crippen molar-refractivity contribution in [3.05, 3.63) is 71.7 Å². The molecule has 0 amide bonds. The van der Waals surface area contributed by atoms with E-state index in [2.05, 4.69) is 10.00 Å². The molecular weight excluding hydrogens is 377 g/mol. The molecule has 0 spiro atoms. The summed E-state index contributed by atoms with van der Waals surface area (Å²) < 4.78 is 40.9. The molecule has 1 aromatic carbocycles. The van der Waals surface area contributed by atoms with Gasteiger partial charge in [0.15, 0.2) is 0 Å². The molecule has 1 aliphatic rings. The van der Waals surface area contributed by atoms with Crippen LogP contribution < -0.4 is 0 Å². The first-order valence-corrected chi connectivity index (χ1v) is 9.73. The molecule has 3 aromatic rings.